The Hall–Kier alpha value is -0.910. The van der Waals surface area contributed by atoms with Crippen molar-refractivity contribution in [3.05, 3.63) is 38.0 Å². The highest BCUT2D eigenvalue weighted by Crippen LogP contribution is 2.33. The van der Waals surface area contributed by atoms with E-state index in [0.717, 1.165) is 30.9 Å². The Kier molecular flexibility index (Phi) is 5.57. The van der Waals surface area contributed by atoms with Gasteiger partial charge < -0.3 is 14.8 Å². The molecule has 6 heteroatoms. The van der Waals surface area contributed by atoms with E-state index in [1.165, 1.54) is 0 Å². The van der Waals surface area contributed by atoms with Crippen LogP contribution in [-0.2, 0) is 6.54 Å². The first-order chi connectivity index (χ1) is 9.63. The normalized spacial score (nSPS) is 10.4. The van der Waals surface area contributed by atoms with E-state index < -0.39 is 0 Å². The first-order valence-electron chi connectivity index (χ1n) is 6.12. The lowest BCUT2D eigenvalue weighted by atomic mass is 10.2. The smallest absolute Gasteiger partial charge is 0.163 e. The zero-order chi connectivity index (χ0) is 14.5. The lowest BCUT2D eigenvalue weighted by Crippen LogP contribution is -2.00. The molecule has 0 bridgehead atoms. The largest absolute Gasteiger partial charge is 0.493 e. The second-order valence-corrected chi connectivity index (χ2v) is 6.58. The van der Waals surface area contributed by atoms with E-state index in [2.05, 4.69) is 21.2 Å². The molecule has 1 aromatic carbocycles. The minimum atomic E-state index is 0.604. The first kappa shape index (κ1) is 15.5. The molecule has 2 rings (SSSR count). The van der Waals surface area contributed by atoms with E-state index in [0.29, 0.717) is 13.2 Å². The lowest BCUT2D eigenvalue weighted by Gasteiger charge is -2.12. The van der Waals surface area contributed by atoms with E-state index in [9.17, 15) is 0 Å². The summed E-state index contributed by atoms with van der Waals surface area (Å²) in [6, 6.07) is 7.82. The second-order valence-electron chi connectivity index (χ2n) is 3.99. The molecule has 108 valence electrons. The van der Waals surface area contributed by atoms with Crippen LogP contribution in [0.5, 0.6) is 11.5 Å². The van der Waals surface area contributed by atoms with E-state index in [1.54, 1.807) is 18.4 Å². The van der Waals surface area contributed by atoms with Crippen LogP contribution < -0.4 is 14.8 Å². The zero-order valence-electron chi connectivity index (χ0n) is 11.2. The molecule has 2 aromatic rings. The summed E-state index contributed by atoms with van der Waals surface area (Å²) in [5, 5.41) is 3.35. The summed E-state index contributed by atoms with van der Waals surface area (Å²) in [6.07, 6.45) is 0. The third-order valence-corrected chi connectivity index (χ3v) is 5.10. The van der Waals surface area contributed by atoms with Gasteiger partial charge in [0.25, 0.3) is 0 Å². The van der Waals surface area contributed by atoms with Crippen molar-refractivity contribution in [3.63, 3.8) is 0 Å². The number of anilines is 1. The number of hydrogen-bond acceptors (Lipinski definition) is 4. The molecule has 0 radical (unpaired) electrons. The Morgan fingerprint density at radius 1 is 1.30 bits per heavy atom. The summed E-state index contributed by atoms with van der Waals surface area (Å²) in [4.78, 5) is 1.16. The van der Waals surface area contributed by atoms with Crippen LogP contribution >= 0.6 is 38.9 Å². The zero-order valence-corrected chi connectivity index (χ0v) is 14.4. The molecule has 0 amide bonds. The molecule has 1 N–H and O–H groups in total. The van der Waals surface area contributed by atoms with Crippen molar-refractivity contribution < 1.29 is 9.47 Å². The molecular formula is C14H15BrClNO2S. The Bertz CT molecular complexity index is 569. The number of hydrogen-bond donors (Lipinski definition) is 1. The maximum atomic E-state index is 6.02. The van der Waals surface area contributed by atoms with Gasteiger partial charge in [-0.1, -0.05) is 11.6 Å². The number of thiophene rings is 1. The van der Waals surface area contributed by atoms with Gasteiger partial charge in [-0.25, -0.2) is 0 Å². The highest BCUT2D eigenvalue weighted by molar-refractivity contribution is 9.10. The van der Waals surface area contributed by atoms with Gasteiger partial charge in [0.05, 0.1) is 13.7 Å². The molecule has 0 aliphatic heterocycles. The molecule has 0 unspecified atom stereocenters. The molecule has 0 atom stereocenters. The number of methoxy groups -OCH3 is 1. The lowest BCUT2D eigenvalue weighted by molar-refractivity contribution is 0.311. The van der Waals surface area contributed by atoms with Crippen molar-refractivity contribution in [2.45, 2.75) is 13.5 Å². The molecule has 0 fully saturated rings. The fourth-order valence-corrected chi connectivity index (χ4v) is 3.45. The third-order valence-electron chi connectivity index (χ3n) is 2.63. The van der Waals surface area contributed by atoms with Gasteiger partial charge >= 0.3 is 0 Å². The second kappa shape index (κ2) is 7.20. The summed E-state index contributed by atoms with van der Waals surface area (Å²) in [5.74, 6) is 1.48. The molecule has 0 aliphatic carbocycles. The molecular weight excluding hydrogens is 362 g/mol. The number of benzene rings is 1. The van der Waals surface area contributed by atoms with Gasteiger partial charge in [0, 0.05) is 27.6 Å². The highest BCUT2D eigenvalue weighted by Gasteiger charge is 2.07. The van der Waals surface area contributed by atoms with Gasteiger partial charge in [0.15, 0.2) is 11.5 Å². The predicted molar refractivity (Wildman–Crippen MR) is 88.5 cm³/mol. The van der Waals surface area contributed by atoms with Gasteiger partial charge in [-0.2, -0.15) is 0 Å². The Labute approximate surface area is 136 Å². The molecule has 20 heavy (non-hydrogen) atoms. The maximum Gasteiger partial charge on any atom is 0.163 e. The molecule has 0 spiro atoms. The molecule has 0 aliphatic rings. The van der Waals surface area contributed by atoms with Crippen molar-refractivity contribution in [2.75, 3.05) is 19.0 Å². The van der Waals surface area contributed by atoms with Crippen molar-refractivity contribution in [1.29, 1.82) is 0 Å². The number of rotatable bonds is 6. The fraction of sp³-hybridized carbons (Fsp3) is 0.286. The Morgan fingerprint density at radius 2 is 2.10 bits per heavy atom. The SMILES string of the molecule is CCOc1cc(NCc2cc(Br)c(Cl)s2)ccc1OC. The quantitative estimate of drug-likeness (QED) is 0.753. The summed E-state index contributed by atoms with van der Waals surface area (Å²) >= 11 is 11.0. The summed E-state index contributed by atoms with van der Waals surface area (Å²) in [7, 11) is 1.64. The molecule has 3 nitrogen and oxygen atoms in total. The van der Waals surface area contributed by atoms with Crippen LogP contribution in [0, 0.1) is 0 Å². The minimum Gasteiger partial charge on any atom is -0.493 e. The van der Waals surface area contributed by atoms with Gasteiger partial charge in [-0.3, -0.25) is 0 Å². The minimum absolute atomic E-state index is 0.604. The van der Waals surface area contributed by atoms with E-state index >= 15 is 0 Å². The van der Waals surface area contributed by atoms with Crippen molar-refractivity contribution in [2.24, 2.45) is 0 Å². The van der Waals surface area contributed by atoms with Gasteiger partial charge in [-0.15, -0.1) is 11.3 Å². The summed E-state index contributed by atoms with van der Waals surface area (Å²) in [5.41, 5.74) is 0.981. The van der Waals surface area contributed by atoms with Crippen LogP contribution in [0.4, 0.5) is 5.69 Å². The molecule has 0 saturated carbocycles. The summed E-state index contributed by atoms with van der Waals surface area (Å²) in [6.45, 7) is 3.27. The van der Waals surface area contributed by atoms with Crippen molar-refractivity contribution in [1.82, 2.24) is 0 Å². The van der Waals surface area contributed by atoms with Gasteiger partial charge in [-0.05, 0) is 41.1 Å². The predicted octanol–water partition coefficient (Wildman–Crippen LogP) is 5.18. The fourth-order valence-electron chi connectivity index (χ4n) is 1.72. The van der Waals surface area contributed by atoms with Crippen LogP contribution in [0.25, 0.3) is 0 Å². The van der Waals surface area contributed by atoms with Crippen LogP contribution in [0.1, 0.15) is 11.8 Å². The van der Waals surface area contributed by atoms with Gasteiger partial charge in [0.2, 0.25) is 0 Å². The molecule has 1 aromatic heterocycles. The van der Waals surface area contributed by atoms with Crippen LogP contribution in [0.15, 0.2) is 28.7 Å². The average Bonchev–Trinajstić information content (AvgIpc) is 2.76. The Morgan fingerprint density at radius 3 is 2.70 bits per heavy atom. The topological polar surface area (TPSA) is 30.5 Å². The number of halogens is 2. The third kappa shape index (κ3) is 3.81. The van der Waals surface area contributed by atoms with Crippen molar-refractivity contribution >= 4 is 44.6 Å². The standard InChI is InChI=1S/C14H15BrClNO2S/c1-3-19-13-6-9(4-5-12(13)18-2)17-8-10-7-11(15)14(16)20-10/h4-7,17H,3,8H2,1-2H3. The van der Waals surface area contributed by atoms with E-state index in [4.69, 9.17) is 21.1 Å². The number of nitrogens with one attached hydrogen (secondary N) is 1. The Balaban J connectivity index is 2.07. The van der Waals surface area contributed by atoms with E-state index in [1.807, 2.05) is 31.2 Å². The molecule has 0 saturated heterocycles. The van der Waals surface area contributed by atoms with Crippen LogP contribution in [0.2, 0.25) is 4.34 Å². The van der Waals surface area contributed by atoms with Crippen LogP contribution in [-0.4, -0.2) is 13.7 Å². The maximum absolute atomic E-state index is 6.02. The highest BCUT2D eigenvalue weighted by atomic mass is 79.9. The first-order valence-corrected chi connectivity index (χ1v) is 8.11. The monoisotopic (exact) mass is 375 g/mol. The average molecular weight is 377 g/mol. The number of ether oxygens (including phenoxy) is 2. The van der Waals surface area contributed by atoms with Crippen molar-refractivity contribution in [3.8, 4) is 11.5 Å². The molecule has 1 heterocycles. The van der Waals surface area contributed by atoms with Gasteiger partial charge in [0.1, 0.15) is 4.34 Å². The van der Waals surface area contributed by atoms with Crippen LogP contribution in [0.3, 0.4) is 0 Å². The van der Waals surface area contributed by atoms with E-state index in [-0.39, 0.29) is 0 Å². The summed E-state index contributed by atoms with van der Waals surface area (Å²) < 4.78 is 12.5.